The van der Waals surface area contributed by atoms with Gasteiger partial charge in [0.2, 0.25) is 23.6 Å². The summed E-state index contributed by atoms with van der Waals surface area (Å²) < 4.78 is 5.34. The fourth-order valence-corrected chi connectivity index (χ4v) is 5.26. The maximum atomic E-state index is 13.6. The molecule has 13 heteroatoms. The lowest BCUT2D eigenvalue weighted by Gasteiger charge is -2.30. The van der Waals surface area contributed by atoms with Crippen LogP contribution in [0.3, 0.4) is 0 Å². The van der Waals surface area contributed by atoms with Gasteiger partial charge < -0.3 is 36.4 Å². The van der Waals surface area contributed by atoms with Crippen molar-refractivity contribution in [3.63, 3.8) is 0 Å². The van der Waals surface area contributed by atoms with E-state index in [-0.39, 0.29) is 48.3 Å². The average molecular weight is 702 g/mol. The molecule has 0 saturated heterocycles. The van der Waals surface area contributed by atoms with Crippen LogP contribution in [0.2, 0.25) is 0 Å². The van der Waals surface area contributed by atoms with Gasteiger partial charge >= 0.3 is 6.09 Å². The summed E-state index contributed by atoms with van der Waals surface area (Å²) in [4.78, 5) is 65.4. The molecule has 280 valence electrons. The third-order valence-electron chi connectivity index (χ3n) is 7.35. The molecule has 5 amide bonds. The van der Waals surface area contributed by atoms with Crippen LogP contribution in [0, 0.1) is 29.6 Å². The molecule has 0 aromatic heterocycles. The van der Waals surface area contributed by atoms with E-state index < -0.39 is 59.7 Å². The van der Waals surface area contributed by atoms with Crippen molar-refractivity contribution in [1.29, 1.82) is 0 Å². The second kappa shape index (κ2) is 22.2. The van der Waals surface area contributed by atoms with E-state index in [0.717, 1.165) is 0 Å². The summed E-state index contributed by atoms with van der Waals surface area (Å²) in [6.45, 7) is 23.1. The van der Waals surface area contributed by atoms with Gasteiger partial charge in [-0.1, -0.05) is 62.3 Å². The van der Waals surface area contributed by atoms with E-state index in [9.17, 15) is 29.1 Å². The number of alkyl carbamates (subject to hydrolysis) is 1. The lowest BCUT2D eigenvalue weighted by Crippen LogP contribution is -2.57. The summed E-state index contributed by atoms with van der Waals surface area (Å²) in [6, 6.07) is -3.32. The topological polar surface area (TPSA) is 175 Å². The minimum absolute atomic E-state index is 0.0470. The molecule has 6 N–H and O–H groups in total. The highest BCUT2D eigenvalue weighted by molar-refractivity contribution is 7.80. The first kappa shape index (κ1) is 45.5. The first-order valence-electron chi connectivity index (χ1n) is 17.5. The monoisotopic (exact) mass is 701 g/mol. The highest BCUT2D eigenvalue weighted by atomic mass is 32.1. The van der Waals surface area contributed by atoms with Gasteiger partial charge in [0.1, 0.15) is 23.7 Å². The molecular formula is C35H67N5O7S. The number of ether oxygens (including phenoxy) is 1. The molecule has 0 aliphatic heterocycles. The van der Waals surface area contributed by atoms with E-state index in [1.807, 2.05) is 55.4 Å². The highest BCUT2D eigenvalue weighted by Crippen LogP contribution is 2.17. The molecule has 0 unspecified atom stereocenters. The summed E-state index contributed by atoms with van der Waals surface area (Å²) in [7, 11) is 0. The molecule has 0 radical (unpaired) electrons. The SMILES string of the molecule is CC(C)CNC(=O)[C@H](CC(C)C)NC(=O)[C@H](C)C[C@H](O)[C@H](CC(C)C)NC(=O)[C@H](CCS)NC(=O)[C@H](CC(C)C)NC(=O)OC(C)(C)C. The lowest BCUT2D eigenvalue weighted by molar-refractivity contribution is -0.132. The number of carbonyl (C=O) groups is 5. The van der Waals surface area contributed by atoms with Gasteiger partial charge in [0, 0.05) is 12.5 Å². The Bertz CT molecular complexity index is 1020. The zero-order valence-corrected chi connectivity index (χ0v) is 32.5. The predicted octanol–water partition coefficient (Wildman–Crippen LogP) is 3.95. The van der Waals surface area contributed by atoms with Gasteiger partial charge in [0.15, 0.2) is 0 Å². The second-order valence-corrected chi connectivity index (χ2v) is 16.1. The van der Waals surface area contributed by atoms with Crippen molar-refractivity contribution >= 4 is 42.4 Å². The molecule has 0 saturated carbocycles. The van der Waals surface area contributed by atoms with Gasteiger partial charge in [-0.05, 0) is 82.3 Å². The third-order valence-corrected chi connectivity index (χ3v) is 7.61. The second-order valence-electron chi connectivity index (χ2n) is 15.7. The minimum Gasteiger partial charge on any atom is -0.444 e. The molecule has 0 aliphatic rings. The number of amides is 5. The van der Waals surface area contributed by atoms with Crippen molar-refractivity contribution in [3.8, 4) is 0 Å². The number of aliphatic hydroxyl groups is 1. The first-order valence-corrected chi connectivity index (χ1v) is 18.2. The van der Waals surface area contributed by atoms with Crippen molar-refractivity contribution < 1.29 is 33.8 Å². The number of hydrogen-bond donors (Lipinski definition) is 7. The maximum Gasteiger partial charge on any atom is 0.408 e. The predicted molar refractivity (Wildman–Crippen MR) is 193 cm³/mol. The fraction of sp³-hybridized carbons (Fsp3) is 0.857. The van der Waals surface area contributed by atoms with Crippen molar-refractivity contribution in [2.45, 2.75) is 151 Å². The molecule has 0 aromatic rings. The van der Waals surface area contributed by atoms with E-state index in [0.29, 0.717) is 31.6 Å². The van der Waals surface area contributed by atoms with Crippen LogP contribution < -0.4 is 26.6 Å². The zero-order valence-electron chi connectivity index (χ0n) is 31.6. The summed E-state index contributed by atoms with van der Waals surface area (Å²) in [5.41, 5.74) is -0.750. The van der Waals surface area contributed by atoms with Crippen molar-refractivity contribution in [3.05, 3.63) is 0 Å². The fourth-order valence-electron chi connectivity index (χ4n) is 5.00. The van der Waals surface area contributed by atoms with Crippen LogP contribution >= 0.6 is 12.6 Å². The van der Waals surface area contributed by atoms with Crippen LogP contribution in [-0.2, 0) is 23.9 Å². The number of carbonyl (C=O) groups excluding carboxylic acids is 5. The molecule has 0 heterocycles. The normalized spacial score (nSPS) is 15.7. The van der Waals surface area contributed by atoms with Gasteiger partial charge in [-0.25, -0.2) is 4.79 Å². The number of rotatable bonds is 21. The molecule has 0 fully saturated rings. The Labute approximate surface area is 295 Å². The van der Waals surface area contributed by atoms with Crippen LogP contribution in [0.25, 0.3) is 0 Å². The molecule has 0 spiro atoms. The van der Waals surface area contributed by atoms with Crippen LogP contribution in [0.15, 0.2) is 0 Å². The minimum atomic E-state index is -1.08. The zero-order chi connectivity index (χ0) is 37.4. The van der Waals surface area contributed by atoms with E-state index in [2.05, 4.69) is 39.2 Å². The Kier molecular flexibility index (Phi) is 21.1. The van der Waals surface area contributed by atoms with Crippen LogP contribution in [-0.4, -0.2) is 83.0 Å². The third kappa shape index (κ3) is 20.1. The molecule has 0 bridgehead atoms. The van der Waals surface area contributed by atoms with Gasteiger partial charge in [-0.3, -0.25) is 19.2 Å². The van der Waals surface area contributed by atoms with E-state index in [4.69, 9.17) is 4.74 Å². The summed E-state index contributed by atoms with van der Waals surface area (Å²) >= 11 is 4.28. The standard InChI is InChI=1S/C35H67N5O7S/c1-20(2)15-26(29(41)18-24(9)30(42)39-27(16-21(3)4)31(43)36-19-23(7)8)38-32(44)25(13-14-48)37-33(45)28(17-22(5)6)40-34(46)47-35(10,11)12/h20-29,41,48H,13-19H2,1-12H3,(H,36,43)(H,37,45)(H,38,44)(H,39,42)(H,40,46)/t24-,25+,26+,27+,28+,29+/m1/s1. The van der Waals surface area contributed by atoms with E-state index in [1.54, 1.807) is 27.7 Å². The van der Waals surface area contributed by atoms with Gasteiger partial charge in [0.05, 0.1) is 12.1 Å². The van der Waals surface area contributed by atoms with Crippen LogP contribution in [0.1, 0.15) is 115 Å². The largest absolute Gasteiger partial charge is 0.444 e. The smallest absolute Gasteiger partial charge is 0.408 e. The maximum absolute atomic E-state index is 13.6. The lowest BCUT2D eigenvalue weighted by atomic mass is 9.91. The molecule has 0 aromatic carbocycles. The van der Waals surface area contributed by atoms with Crippen LogP contribution in [0.4, 0.5) is 4.79 Å². The van der Waals surface area contributed by atoms with Gasteiger partial charge in [-0.15, -0.1) is 0 Å². The van der Waals surface area contributed by atoms with Crippen molar-refractivity contribution in [2.24, 2.45) is 29.6 Å². The summed E-state index contributed by atoms with van der Waals surface area (Å²) in [5, 5.41) is 25.3. The van der Waals surface area contributed by atoms with Crippen LogP contribution in [0.5, 0.6) is 0 Å². The molecule has 48 heavy (non-hydrogen) atoms. The molecule has 0 aliphatic carbocycles. The van der Waals surface area contributed by atoms with Gasteiger partial charge in [0.25, 0.3) is 0 Å². The van der Waals surface area contributed by atoms with E-state index >= 15 is 0 Å². The number of nitrogens with one attached hydrogen (secondary N) is 5. The summed E-state index contributed by atoms with van der Waals surface area (Å²) in [5.74, 6) is -1.39. The van der Waals surface area contributed by atoms with Crippen molar-refractivity contribution in [1.82, 2.24) is 26.6 Å². The molecular weight excluding hydrogens is 634 g/mol. The van der Waals surface area contributed by atoms with Gasteiger partial charge in [-0.2, -0.15) is 12.6 Å². The average Bonchev–Trinajstić information content (AvgIpc) is 2.92. The van der Waals surface area contributed by atoms with Crippen molar-refractivity contribution in [2.75, 3.05) is 12.3 Å². The molecule has 0 rings (SSSR count). The number of hydrogen-bond acceptors (Lipinski definition) is 8. The molecule has 12 nitrogen and oxygen atoms in total. The highest BCUT2D eigenvalue weighted by Gasteiger charge is 2.33. The Balaban J connectivity index is 5.74. The Morgan fingerprint density at radius 3 is 1.56 bits per heavy atom. The number of thiol groups is 1. The first-order chi connectivity index (χ1) is 22.1. The Hall–Kier alpha value is -2.54. The summed E-state index contributed by atoms with van der Waals surface area (Å²) in [6.07, 6.45) is -0.333. The number of aliphatic hydroxyl groups excluding tert-OH is 1. The Morgan fingerprint density at radius 2 is 1.10 bits per heavy atom. The quantitative estimate of drug-likeness (QED) is 0.0887. The van der Waals surface area contributed by atoms with E-state index in [1.165, 1.54) is 0 Å². The molecule has 6 atom stereocenters. The Morgan fingerprint density at radius 1 is 0.625 bits per heavy atom.